The first-order valence-electron chi connectivity index (χ1n) is 5.37. The molecule has 0 aromatic carbocycles. The van der Waals surface area contributed by atoms with Gasteiger partial charge in [-0.2, -0.15) is 4.31 Å². The summed E-state index contributed by atoms with van der Waals surface area (Å²) in [4.78, 5) is 13.4. The van der Waals surface area contributed by atoms with Gasteiger partial charge in [-0.1, -0.05) is 6.08 Å². The fraction of sp³-hybridized carbons (Fsp3) is 0.364. The van der Waals surface area contributed by atoms with Crippen molar-refractivity contribution in [1.82, 2.24) is 9.29 Å². The number of hydrogen-bond acceptors (Lipinski definition) is 3. The molecule has 1 heterocycles. The van der Waals surface area contributed by atoms with Crippen LogP contribution in [0.15, 0.2) is 40.7 Å². The van der Waals surface area contributed by atoms with Crippen LogP contribution in [0.25, 0.3) is 0 Å². The van der Waals surface area contributed by atoms with Gasteiger partial charge in [0.25, 0.3) is 0 Å². The molecule has 2 rings (SSSR count). The molecule has 0 saturated heterocycles. The third-order valence-electron chi connectivity index (χ3n) is 2.63. The van der Waals surface area contributed by atoms with Crippen LogP contribution in [0.2, 0.25) is 0 Å². The van der Waals surface area contributed by atoms with Crippen LogP contribution < -0.4 is 5.56 Å². The normalized spacial score (nSPS) is 16.1. The second-order valence-electron chi connectivity index (χ2n) is 3.98. The van der Waals surface area contributed by atoms with Crippen molar-refractivity contribution in [3.05, 3.63) is 41.3 Å². The molecule has 1 saturated carbocycles. The fourth-order valence-corrected chi connectivity index (χ4v) is 3.25. The van der Waals surface area contributed by atoms with Gasteiger partial charge in [0, 0.05) is 24.8 Å². The molecule has 1 aromatic heterocycles. The highest BCUT2D eigenvalue weighted by Gasteiger charge is 2.37. The van der Waals surface area contributed by atoms with Crippen LogP contribution in [-0.4, -0.2) is 30.3 Å². The Morgan fingerprint density at radius 2 is 2.18 bits per heavy atom. The first-order chi connectivity index (χ1) is 8.05. The number of hydrogen-bond donors (Lipinski definition) is 1. The number of aromatic amines is 1. The molecule has 92 valence electrons. The Morgan fingerprint density at radius 1 is 1.47 bits per heavy atom. The van der Waals surface area contributed by atoms with E-state index in [4.69, 9.17) is 0 Å². The molecule has 1 N–H and O–H groups in total. The van der Waals surface area contributed by atoms with E-state index in [9.17, 15) is 13.2 Å². The molecule has 1 aliphatic rings. The van der Waals surface area contributed by atoms with Gasteiger partial charge in [-0.05, 0) is 18.9 Å². The van der Waals surface area contributed by atoms with E-state index in [1.165, 1.54) is 22.6 Å². The summed E-state index contributed by atoms with van der Waals surface area (Å²) in [5, 5.41) is 0. The Balaban J connectivity index is 2.36. The number of pyridine rings is 1. The van der Waals surface area contributed by atoms with E-state index in [0.29, 0.717) is 6.54 Å². The van der Waals surface area contributed by atoms with Gasteiger partial charge < -0.3 is 4.98 Å². The molecule has 0 atom stereocenters. The van der Waals surface area contributed by atoms with E-state index in [1.54, 1.807) is 6.08 Å². The van der Waals surface area contributed by atoms with Crippen LogP contribution >= 0.6 is 0 Å². The van der Waals surface area contributed by atoms with Gasteiger partial charge in [-0.3, -0.25) is 4.79 Å². The SMILES string of the molecule is C=CCN(C1CC1)S(=O)(=O)c1ccc(=O)[nH]c1. The third-order valence-corrected chi connectivity index (χ3v) is 4.54. The Hall–Kier alpha value is -1.40. The average molecular weight is 254 g/mol. The minimum atomic E-state index is -3.52. The number of sulfonamides is 1. The fourth-order valence-electron chi connectivity index (χ4n) is 1.63. The molecule has 0 bridgehead atoms. The van der Waals surface area contributed by atoms with Crippen LogP contribution in [0.3, 0.4) is 0 Å². The topological polar surface area (TPSA) is 70.2 Å². The van der Waals surface area contributed by atoms with Crippen molar-refractivity contribution in [3.63, 3.8) is 0 Å². The molecule has 0 unspecified atom stereocenters. The molecule has 5 nitrogen and oxygen atoms in total. The highest BCUT2D eigenvalue weighted by Crippen LogP contribution is 2.31. The predicted molar refractivity (Wildman–Crippen MR) is 64.2 cm³/mol. The van der Waals surface area contributed by atoms with Gasteiger partial charge in [0.05, 0.1) is 4.90 Å². The van der Waals surface area contributed by atoms with Crippen molar-refractivity contribution in [2.75, 3.05) is 6.54 Å². The van der Waals surface area contributed by atoms with E-state index in [-0.39, 0.29) is 16.5 Å². The van der Waals surface area contributed by atoms with Crippen molar-refractivity contribution < 1.29 is 8.42 Å². The standard InChI is InChI=1S/C11H14N2O3S/c1-2-7-13(9-3-4-9)17(15,16)10-5-6-11(14)12-8-10/h2,5-6,8-9H,1,3-4,7H2,(H,12,14). The molecule has 0 amide bonds. The van der Waals surface area contributed by atoms with Crippen molar-refractivity contribution in [3.8, 4) is 0 Å². The van der Waals surface area contributed by atoms with Gasteiger partial charge in [0.15, 0.2) is 0 Å². The van der Waals surface area contributed by atoms with Crippen molar-refractivity contribution in [2.24, 2.45) is 0 Å². The maximum absolute atomic E-state index is 12.3. The second-order valence-corrected chi connectivity index (χ2v) is 5.87. The molecule has 0 aliphatic heterocycles. The van der Waals surface area contributed by atoms with Crippen LogP contribution in [0.4, 0.5) is 0 Å². The summed E-state index contributed by atoms with van der Waals surface area (Å²) in [7, 11) is -3.52. The Labute approximate surface area is 99.8 Å². The first kappa shape index (κ1) is 12.1. The molecule has 6 heteroatoms. The summed E-state index contributed by atoms with van der Waals surface area (Å²) >= 11 is 0. The molecule has 0 spiro atoms. The summed E-state index contributed by atoms with van der Waals surface area (Å²) < 4.78 is 26.0. The molecular formula is C11H14N2O3S. The summed E-state index contributed by atoms with van der Waals surface area (Å²) in [5.41, 5.74) is -0.314. The van der Waals surface area contributed by atoms with Gasteiger partial charge in [0.1, 0.15) is 0 Å². The largest absolute Gasteiger partial charge is 0.328 e. The summed E-state index contributed by atoms with van der Waals surface area (Å²) in [6.45, 7) is 3.87. The molecule has 0 radical (unpaired) electrons. The Bertz CT molecular complexity index is 552. The number of aromatic nitrogens is 1. The molecule has 1 fully saturated rings. The zero-order valence-corrected chi connectivity index (χ0v) is 10.1. The van der Waals surface area contributed by atoms with Crippen molar-refractivity contribution >= 4 is 10.0 Å². The number of nitrogens with zero attached hydrogens (tertiary/aromatic N) is 1. The van der Waals surface area contributed by atoms with Crippen molar-refractivity contribution in [1.29, 1.82) is 0 Å². The highest BCUT2D eigenvalue weighted by atomic mass is 32.2. The van der Waals surface area contributed by atoms with E-state index in [0.717, 1.165) is 12.8 Å². The average Bonchev–Trinajstić information content (AvgIpc) is 3.10. The number of H-pyrrole nitrogens is 1. The molecule has 1 aliphatic carbocycles. The lowest BCUT2D eigenvalue weighted by Gasteiger charge is -2.19. The molecule has 17 heavy (non-hydrogen) atoms. The Kier molecular flexibility index (Phi) is 3.17. The lowest BCUT2D eigenvalue weighted by molar-refractivity contribution is 0.435. The van der Waals surface area contributed by atoms with Crippen LogP contribution in [0.1, 0.15) is 12.8 Å². The van der Waals surface area contributed by atoms with E-state index in [2.05, 4.69) is 11.6 Å². The van der Waals surface area contributed by atoms with Crippen LogP contribution in [0.5, 0.6) is 0 Å². The van der Waals surface area contributed by atoms with Crippen molar-refractivity contribution in [2.45, 2.75) is 23.8 Å². The summed E-state index contributed by atoms with van der Waals surface area (Å²) in [6, 6.07) is 2.61. The zero-order valence-electron chi connectivity index (χ0n) is 9.30. The first-order valence-corrected chi connectivity index (χ1v) is 6.81. The summed E-state index contributed by atoms with van der Waals surface area (Å²) in [6.07, 6.45) is 4.57. The Morgan fingerprint density at radius 3 is 2.65 bits per heavy atom. The maximum Gasteiger partial charge on any atom is 0.247 e. The van der Waals surface area contributed by atoms with Gasteiger partial charge in [-0.25, -0.2) is 8.42 Å². The summed E-state index contributed by atoms with van der Waals surface area (Å²) in [5.74, 6) is 0. The third kappa shape index (κ3) is 2.48. The van der Waals surface area contributed by atoms with Crippen LogP contribution in [-0.2, 0) is 10.0 Å². The minimum absolute atomic E-state index is 0.0740. The minimum Gasteiger partial charge on any atom is -0.328 e. The van der Waals surface area contributed by atoms with E-state index in [1.807, 2.05) is 0 Å². The van der Waals surface area contributed by atoms with Gasteiger partial charge >= 0.3 is 0 Å². The zero-order chi connectivity index (χ0) is 12.5. The molecular weight excluding hydrogens is 240 g/mol. The second kappa shape index (κ2) is 4.46. The lowest BCUT2D eigenvalue weighted by atomic mass is 10.5. The smallest absolute Gasteiger partial charge is 0.247 e. The van der Waals surface area contributed by atoms with Gasteiger partial charge in [-0.15, -0.1) is 6.58 Å². The highest BCUT2D eigenvalue weighted by molar-refractivity contribution is 7.89. The number of rotatable bonds is 5. The maximum atomic E-state index is 12.3. The quantitative estimate of drug-likeness (QED) is 0.787. The number of nitrogens with one attached hydrogen (secondary N) is 1. The van der Waals surface area contributed by atoms with E-state index >= 15 is 0 Å². The van der Waals surface area contributed by atoms with Gasteiger partial charge in [0.2, 0.25) is 15.6 Å². The van der Waals surface area contributed by atoms with Crippen LogP contribution in [0, 0.1) is 0 Å². The molecule has 1 aromatic rings. The monoisotopic (exact) mass is 254 g/mol. The lowest BCUT2D eigenvalue weighted by Crippen LogP contribution is -2.33. The van der Waals surface area contributed by atoms with E-state index < -0.39 is 10.0 Å². The predicted octanol–water partition coefficient (Wildman–Crippen LogP) is 0.714.